The summed E-state index contributed by atoms with van der Waals surface area (Å²) in [6.07, 6.45) is 0. The van der Waals surface area contributed by atoms with Gasteiger partial charge in [0.2, 0.25) is 0 Å². The second-order valence-corrected chi connectivity index (χ2v) is 5.08. The second-order valence-electron chi connectivity index (χ2n) is 5.08. The van der Waals surface area contributed by atoms with Gasteiger partial charge in [-0.25, -0.2) is 4.79 Å². The van der Waals surface area contributed by atoms with Gasteiger partial charge in [-0.3, -0.25) is 9.69 Å². The minimum Gasteiger partial charge on any atom is -0.459 e. The molecular formula is C17H26N2O3. The van der Waals surface area contributed by atoms with Crippen LogP contribution in [0.2, 0.25) is 0 Å². The molecular weight excluding hydrogens is 280 g/mol. The minimum absolute atomic E-state index is 0.0361. The number of carbonyl (C=O) groups excluding carboxylic acids is 2. The van der Waals surface area contributed by atoms with Crippen molar-refractivity contribution in [1.82, 2.24) is 10.2 Å². The molecule has 1 N–H and O–H groups in total. The van der Waals surface area contributed by atoms with Crippen molar-refractivity contribution in [2.45, 2.75) is 33.7 Å². The van der Waals surface area contributed by atoms with Gasteiger partial charge in [0.1, 0.15) is 0 Å². The number of rotatable bonds is 7. The zero-order valence-electron chi connectivity index (χ0n) is 13.9. The smallest absolute Gasteiger partial charge is 0.396 e. The molecule has 0 aliphatic carbocycles. The summed E-state index contributed by atoms with van der Waals surface area (Å²) in [7, 11) is 0. The Kier molecular flexibility index (Phi) is 7.60. The fraction of sp³-hybridized carbons (Fsp3) is 0.529. The number of aryl methyl sites for hydroxylation is 1. The van der Waals surface area contributed by atoms with E-state index in [1.807, 2.05) is 6.92 Å². The third-order valence-corrected chi connectivity index (χ3v) is 3.63. The molecule has 0 radical (unpaired) electrons. The molecule has 1 aromatic rings. The summed E-state index contributed by atoms with van der Waals surface area (Å²) in [5.74, 6) is -1.52. The zero-order valence-corrected chi connectivity index (χ0v) is 13.9. The number of likely N-dealkylation sites (N-methyl/N-ethyl adjacent to an activating group) is 1. The topological polar surface area (TPSA) is 58.6 Å². The van der Waals surface area contributed by atoms with E-state index < -0.39 is 11.9 Å². The van der Waals surface area contributed by atoms with Crippen molar-refractivity contribution in [3.05, 3.63) is 35.4 Å². The van der Waals surface area contributed by atoms with E-state index in [4.69, 9.17) is 4.74 Å². The lowest BCUT2D eigenvalue weighted by atomic mass is 10.0. The predicted octanol–water partition coefficient (Wildman–Crippen LogP) is 2.06. The van der Waals surface area contributed by atoms with E-state index in [9.17, 15) is 9.59 Å². The largest absolute Gasteiger partial charge is 0.459 e. The third-order valence-electron chi connectivity index (χ3n) is 3.63. The molecule has 1 aromatic carbocycles. The summed E-state index contributed by atoms with van der Waals surface area (Å²) in [4.78, 5) is 25.4. The van der Waals surface area contributed by atoms with Crippen LogP contribution < -0.4 is 5.32 Å². The van der Waals surface area contributed by atoms with Crippen molar-refractivity contribution in [3.8, 4) is 0 Å². The van der Waals surface area contributed by atoms with Gasteiger partial charge in [0.25, 0.3) is 0 Å². The lowest BCUT2D eigenvalue weighted by Gasteiger charge is -2.30. The van der Waals surface area contributed by atoms with Crippen LogP contribution in [0.1, 0.15) is 37.9 Å². The Morgan fingerprint density at radius 3 is 2.23 bits per heavy atom. The number of carbonyl (C=O) groups is 2. The van der Waals surface area contributed by atoms with Gasteiger partial charge in [-0.15, -0.1) is 0 Å². The Morgan fingerprint density at radius 2 is 1.73 bits per heavy atom. The molecule has 0 spiro atoms. The number of amides is 1. The maximum Gasteiger partial charge on any atom is 0.396 e. The average molecular weight is 306 g/mol. The monoisotopic (exact) mass is 306 g/mol. The molecule has 0 saturated heterocycles. The minimum atomic E-state index is -0.829. The SMILES string of the molecule is CCOC(=O)C(=O)NCC(c1ccc(C)cc1)N(CC)CC. The molecule has 0 aromatic heterocycles. The van der Waals surface area contributed by atoms with E-state index >= 15 is 0 Å². The summed E-state index contributed by atoms with van der Waals surface area (Å²) in [6.45, 7) is 10.2. The van der Waals surface area contributed by atoms with Crippen LogP contribution in [0.4, 0.5) is 0 Å². The Balaban J connectivity index is 2.81. The van der Waals surface area contributed by atoms with E-state index in [0.29, 0.717) is 6.54 Å². The molecule has 5 heteroatoms. The molecule has 5 nitrogen and oxygen atoms in total. The normalized spacial score (nSPS) is 12.0. The summed E-state index contributed by atoms with van der Waals surface area (Å²) >= 11 is 0. The van der Waals surface area contributed by atoms with E-state index in [2.05, 4.69) is 48.3 Å². The molecule has 0 heterocycles. The molecule has 0 bridgehead atoms. The van der Waals surface area contributed by atoms with Crippen LogP contribution in [0.5, 0.6) is 0 Å². The van der Waals surface area contributed by atoms with Crippen LogP contribution in [0.15, 0.2) is 24.3 Å². The molecule has 122 valence electrons. The first-order valence-electron chi connectivity index (χ1n) is 7.78. The quantitative estimate of drug-likeness (QED) is 0.619. The number of benzene rings is 1. The van der Waals surface area contributed by atoms with Gasteiger partial charge in [0.15, 0.2) is 0 Å². The molecule has 1 amide bonds. The van der Waals surface area contributed by atoms with E-state index in [-0.39, 0.29) is 12.6 Å². The molecule has 0 fully saturated rings. The fourth-order valence-electron chi connectivity index (χ4n) is 2.37. The van der Waals surface area contributed by atoms with Crippen molar-refractivity contribution in [3.63, 3.8) is 0 Å². The van der Waals surface area contributed by atoms with Crippen molar-refractivity contribution in [2.75, 3.05) is 26.2 Å². The number of hydrogen-bond acceptors (Lipinski definition) is 4. The summed E-state index contributed by atoms with van der Waals surface area (Å²) in [5, 5.41) is 2.67. The van der Waals surface area contributed by atoms with Gasteiger partial charge in [-0.2, -0.15) is 0 Å². The van der Waals surface area contributed by atoms with Crippen molar-refractivity contribution in [2.24, 2.45) is 0 Å². The first-order chi connectivity index (χ1) is 10.5. The fourth-order valence-corrected chi connectivity index (χ4v) is 2.37. The van der Waals surface area contributed by atoms with Gasteiger partial charge in [0.05, 0.1) is 12.6 Å². The molecule has 1 unspecified atom stereocenters. The van der Waals surface area contributed by atoms with E-state index in [1.165, 1.54) is 5.56 Å². The van der Waals surface area contributed by atoms with Crippen LogP contribution in [-0.4, -0.2) is 43.0 Å². The zero-order chi connectivity index (χ0) is 16.5. The summed E-state index contributed by atoms with van der Waals surface area (Å²) in [6, 6.07) is 8.27. The molecule has 1 atom stereocenters. The molecule has 22 heavy (non-hydrogen) atoms. The highest BCUT2D eigenvalue weighted by atomic mass is 16.5. The third kappa shape index (κ3) is 5.15. The molecule has 0 saturated carbocycles. The average Bonchev–Trinajstić information content (AvgIpc) is 2.52. The molecule has 1 rings (SSSR count). The summed E-state index contributed by atoms with van der Waals surface area (Å²) < 4.78 is 4.71. The van der Waals surface area contributed by atoms with Crippen molar-refractivity contribution >= 4 is 11.9 Å². The molecule has 0 aliphatic rings. The lowest BCUT2D eigenvalue weighted by molar-refractivity contribution is -0.154. The molecule has 0 aliphatic heterocycles. The Bertz CT molecular complexity index is 481. The Morgan fingerprint density at radius 1 is 1.14 bits per heavy atom. The highest BCUT2D eigenvalue weighted by Gasteiger charge is 2.21. The standard InChI is InChI=1S/C17H26N2O3/c1-5-19(6-2)15(14-10-8-13(4)9-11-14)12-18-16(20)17(21)22-7-3/h8-11,15H,5-7,12H2,1-4H3,(H,18,20). The van der Waals surface area contributed by atoms with Gasteiger partial charge in [-0.05, 0) is 32.5 Å². The van der Waals surface area contributed by atoms with Crippen molar-refractivity contribution in [1.29, 1.82) is 0 Å². The Labute approximate surface area is 132 Å². The van der Waals surface area contributed by atoms with E-state index in [1.54, 1.807) is 6.92 Å². The maximum absolute atomic E-state index is 11.7. The van der Waals surface area contributed by atoms with Gasteiger partial charge in [0, 0.05) is 6.54 Å². The van der Waals surface area contributed by atoms with E-state index in [0.717, 1.165) is 18.7 Å². The van der Waals surface area contributed by atoms with Crippen molar-refractivity contribution < 1.29 is 14.3 Å². The first-order valence-corrected chi connectivity index (χ1v) is 7.78. The van der Waals surface area contributed by atoms with Crippen LogP contribution >= 0.6 is 0 Å². The highest BCUT2D eigenvalue weighted by molar-refractivity contribution is 6.32. The predicted molar refractivity (Wildman–Crippen MR) is 86.5 cm³/mol. The Hall–Kier alpha value is -1.88. The lowest BCUT2D eigenvalue weighted by Crippen LogP contribution is -2.40. The number of nitrogens with one attached hydrogen (secondary N) is 1. The van der Waals surface area contributed by atoms with Gasteiger partial charge in [-0.1, -0.05) is 43.7 Å². The van der Waals surface area contributed by atoms with Crippen LogP contribution in [0.3, 0.4) is 0 Å². The van der Waals surface area contributed by atoms with Crippen LogP contribution in [0, 0.1) is 6.92 Å². The number of nitrogens with zero attached hydrogens (tertiary/aromatic N) is 1. The summed E-state index contributed by atoms with van der Waals surface area (Å²) in [5.41, 5.74) is 2.32. The van der Waals surface area contributed by atoms with Crippen LogP contribution in [0.25, 0.3) is 0 Å². The highest BCUT2D eigenvalue weighted by Crippen LogP contribution is 2.20. The number of esters is 1. The first kappa shape index (κ1) is 18.2. The van der Waals surface area contributed by atoms with Crippen LogP contribution in [-0.2, 0) is 14.3 Å². The van der Waals surface area contributed by atoms with Gasteiger partial charge < -0.3 is 10.1 Å². The van der Waals surface area contributed by atoms with Gasteiger partial charge >= 0.3 is 11.9 Å². The number of ether oxygens (including phenoxy) is 1. The second kappa shape index (κ2) is 9.20. The maximum atomic E-state index is 11.7. The number of hydrogen-bond donors (Lipinski definition) is 1.